The Morgan fingerprint density at radius 1 is 1.13 bits per heavy atom. The summed E-state index contributed by atoms with van der Waals surface area (Å²) in [5, 5.41) is 3.54. The van der Waals surface area contributed by atoms with Gasteiger partial charge in [0.15, 0.2) is 0 Å². The monoisotopic (exact) mass is 205 g/mol. The van der Waals surface area contributed by atoms with Gasteiger partial charge in [-0.1, -0.05) is 38.8 Å². The van der Waals surface area contributed by atoms with Gasteiger partial charge in [-0.25, -0.2) is 0 Å². The first-order chi connectivity index (χ1) is 7.29. The Hall–Kier alpha value is -0.980. The molecule has 1 heteroatoms. The lowest BCUT2D eigenvalue weighted by Crippen LogP contribution is -2.04. The van der Waals surface area contributed by atoms with Crippen LogP contribution in [0.4, 0.5) is 5.69 Å². The van der Waals surface area contributed by atoms with E-state index in [1.165, 1.54) is 42.5 Å². The van der Waals surface area contributed by atoms with E-state index in [4.69, 9.17) is 0 Å². The van der Waals surface area contributed by atoms with E-state index in [0.717, 1.165) is 6.54 Å². The van der Waals surface area contributed by atoms with Crippen molar-refractivity contribution >= 4 is 5.69 Å². The van der Waals surface area contributed by atoms with E-state index in [9.17, 15) is 0 Å². The van der Waals surface area contributed by atoms with Gasteiger partial charge < -0.3 is 5.32 Å². The maximum absolute atomic E-state index is 3.54. The molecule has 0 aliphatic rings. The van der Waals surface area contributed by atoms with Crippen LogP contribution in [0.2, 0.25) is 0 Å². The van der Waals surface area contributed by atoms with Crippen molar-refractivity contribution in [1.82, 2.24) is 0 Å². The molecule has 1 nitrogen and oxygen atoms in total. The van der Waals surface area contributed by atoms with Crippen molar-refractivity contribution in [1.29, 1.82) is 0 Å². The first kappa shape index (κ1) is 12.1. The van der Waals surface area contributed by atoms with Crippen molar-refractivity contribution in [2.24, 2.45) is 0 Å². The first-order valence-corrected chi connectivity index (χ1v) is 6.12. The third kappa shape index (κ3) is 3.58. The molecule has 1 aromatic rings. The van der Waals surface area contributed by atoms with Crippen molar-refractivity contribution in [3.63, 3.8) is 0 Å². The second-order valence-corrected chi connectivity index (χ2v) is 4.13. The third-order valence-corrected chi connectivity index (χ3v) is 2.76. The number of anilines is 1. The topological polar surface area (TPSA) is 12.0 Å². The molecule has 0 spiro atoms. The van der Waals surface area contributed by atoms with Crippen LogP contribution >= 0.6 is 0 Å². The number of rotatable bonds is 6. The molecule has 0 saturated carbocycles. The molecule has 15 heavy (non-hydrogen) atoms. The summed E-state index contributed by atoms with van der Waals surface area (Å²) in [5.41, 5.74) is 4.25. The molecule has 84 valence electrons. The van der Waals surface area contributed by atoms with E-state index < -0.39 is 0 Å². The number of nitrogens with one attached hydrogen (secondary N) is 1. The van der Waals surface area contributed by atoms with Crippen LogP contribution in [0.1, 0.15) is 44.2 Å². The molecule has 0 heterocycles. The highest BCUT2D eigenvalue weighted by molar-refractivity contribution is 5.54. The molecule has 1 aromatic carbocycles. The number of benzene rings is 1. The fourth-order valence-corrected chi connectivity index (χ4v) is 1.85. The highest BCUT2D eigenvalue weighted by atomic mass is 14.9. The molecule has 0 aromatic heterocycles. The highest BCUT2D eigenvalue weighted by Crippen LogP contribution is 2.21. The van der Waals surface area contributed by atoms with E-state index in [1.54, 1.807) is 0 Å². The molecule has 0 saturated heterocycles. The van der Waals surface area contributed by atoms with E-state index in [0.29, 0.717) is 0 Å². The van der Waals surface area contributed by atoms with Crippen LogP contribution in [-0.2, 0) is 6.42 Å². The molecular formula is C14H23N. The largest absolute Gasteiger partial charge is 0.385 e. The van der Waals surface area contributed by atoms with Gasteiger partial charge in [-0.05, 0) is 37.0 Å². The molecule has 0 atom stereocenters. The van der Waals surface area contributed by atoms with Gasteiger partial charge in [0.2, 0.25) is 0 Å². The average molecular weight is 205 g/mol. The Morgan fingerprint density at radius 2 is 1.93 bits per heavy atom. The Bertz CT molecular complexity index is 291. The average Bonchev–Trinajstić information content (AvgIpc) is 2.23. The second kappa shape index (κ2) is 6.49. The van der Waals surface area contributed by atoms with Crippen molar-refractivity contribution in [2.75, 3.05) is 11.9 Å². The van der Waals surface area contributed by atoms with E-state index in [1.807, 2.05) is 0 Å². The van der Waals surface area contributed by atoms with E-state index >= 15 is 0 Å². The summed E-state index contributed by atoms with van der Waals surface area (Å²) in [7, 11) is 0. The van der Waals surface area contributed by atoms with Crippen LogP contribution < -0.4 is 5.32 Å². The Kier molecular flexibility index (Phi) is 5.23. The number of unbranched alkanes of at least 4 members (excludes halogenated alkanes) is 1. The Morgan fingerprint density at radius 3 is 2.60 bits per heavy atom. The molecule has 0 amide bonds. The lowest BCUT2D eigenvalue weighted by molar-refractivity contribution is 0.830. The quantitative estimate of drug-likeness (QED) is 0.688. The van der Waals surface area contributed by atoms with Gasteiger partial charge in [-0.15, -0.1) is 0 Å². The smallest absolute Gasteiger partial charge is 0.0375 e. The first-order valence-electron chi connectivity index (χ1n) is 6.12. The number of hydrogen-bond donors (Lipinski definition) is 1. The number of hydrogen-bond acceptors (Lipinski definition) is 1. The molecule has 0 fully saturated rings. The summed E-state index contributed by atoms with van der Waals surface area (Å²) in [6.45, 7) is 7.76. The zero-order valence-corrected chi connectivity index (χ0v) is 10.3. The van der Waals surface area contributed by atoms with Crippen molar-refractivity contribution in [2.45, 2.75) is 46.5 Å². The van der Waals surface area contributed by atoms with Crippen molar-refractivity contribution in [3.8, 4) is 0 Å². The zero-order valence-electron chi connectivity index (χ0n) is 10.3. The van der Waals surface area contributed by atoms with Crippen LogP contribution in [0, 0.1) is 6.92 Å². The summed E-state index contributed by atoms with van der Waals surface area (Å²) in [4.78, 5) is 0. The third-order valence-electron chi connectivity index (χ3n) is 2.76. The summed E-state index contributed by atoms with van der Waals surface area (Å²) in [6.07, 6.45) is 4.90. The number of aryl methyl sites for hydroxylation is 1. The van der Waals surface area contributed by atoms with Crippen LogP contribution in [0.3, 0.4) is 0 Å². The lowest BCUT2D eigenvalue weighted by atomic mass is 10.0. The van der Waals surface area contributed by atoms with E-state index in [2.05, 4.69) is 44.3 Å². The van der Waals surface area contributed by atoms with Gasteiger partial charge in [0.1, 0.15) is 0 Å². The standard InChI is InChI=1S/C14H23N/c1-4-6-11-15-14-10-7-9-12(3)13(14)8-5-2/h7,9-10,15H,4-6,8,11H2,1-3H3. The summed E-state index contributed by atoms with van der Waals surface area (Å²) in [6, 6.07) is 6.55. The normalized spacial score (nSPS) is 10.3. The molecule has 0 bridgehead atoms. The Labute approximate surface area is 93.9 Å². The van der Waals surface area contributed by atoms with Gasteiger partial charge in [0, 0.05) is 12.2 Å². The molecular weight excluding hydrogens is 182 g/mol. The molecule has 0 radical (unpaired) electrons. The van der Waals surface area contributed by atoms with Crippen LogP contribution in [0.5, 0.6) is 0 Å². The molecule has 0 aliphatic carbocycles. The molecule has 0 unspecified atom stereocenters. The lowest BCUT2D eigenvalue weighted by Gasteiger charge is -2.13. The van der Waals surface area contributed by atoms with Gasteiger partial charge >= 0.3 is 0 Å². The van der Waals surface area contributed by atoms with Gasteiger partial charge in [0.25, 0.3) is 0 Å². The summed E-state index contributed by atoms with van der Waals surface area (Å²) < 4.78 is 0. The molecule has 1 N–H and O–H groups in total. The molecule has 0 aliphatic heterocycles. The molecule has 1 rings (SSSR count). The van der Waals surface area contributed by atoms with Gasteiger partial charge in [-0.3, -0.25) is 0 Å². The maximum atomic E-state index is 3.54. The predicted molar refractivity (Wildman–Crippen MR) is 68.6 cm³/mol. The summed E-state index contributed by atoms with van der Waals surface area (Å²) >= 11 is 0. The van der Waals surface area contributed by atoms with Gasteiger partial charge in [0.05, 0.1) is 0 Å². The van der Waals surface area contributed by atoms with Crippen molar-refractivity contribution in [3.05, 3.63) is 29.3 Å². The highest BCUT2D eigenvalue weighted by Gasteiger charge is 2.03. The maximum Gasteiger partial charge on any atom is 0.0375 e. The minimum absolute atomic E-state index is 1.09. The minimum atomic E-state index is 1.09. The fourth-order valence-electron chi connectivity index (χ4n) is 1.85. The van der Waals surface area contributed by atoms with Crippen LogP contribution in [0.15, 0.2) is 18.2 Å². The van der Waals surface area contributed by atoms with E-state index in [-0.39, 0.29) is 0 Å². The SMILES string of the molecule is CCCCNc1cccc(C)c1CCC. The van der Waals surface area contributed by atoms with Crippen molar-refractivity contribution < 1.29 is 0 Å². The minimum Gasteiger partial charge on any atom is -0.385 e. The van der Waals surface area contributed by atoms with Gasteiger partial charge in [-0.2, -0.15) is 0 Å². The fraction of sp³-hybridized carbons (Fsp3) is 0.571. The van der Waals surface area contributed by atoms with Crippen LogP contribution in [0.25, 0.3) is 0 Å². The Balaban J connectivity index is 2.71. The van der Waals surface area contributed by atoms with Crippen LogP contribution in [-0.4, -0.2) is 6.54 Å². The second-order valence-electron chi connectivity index (χ2n) is 4.13. The zero-order chi connectivity index (χ0) is 11.1. The predicted octanol–water partition coefficient (Wildman–Crippen LogP) is 4.16. The summed E-state index contributed by atoms with van der Waals surface area (Å²) in [5.74, 6) is 0.